The van der Waals surface area contributed by atoms with Crippen molar-refractivity contribution in [1.29, 1.82) is 0 Å². The number of carbonyl (C=O) groups is 2. The number of rotatable bonds is 9. The van der Waals surface area contributed by atoms with E-state index in [1.54, 1.807) is 23.1 Å². The number of aryl methyl sites for hydroxylation is 1. The van der Waals surface area contributed by atoms with Crippen LogP contribution in [0.1, 0.15) is 42.6 Å². The highest BCUT2D eigenvalue weighted by Crippen LogP contribution is 2.31. The van der Waals surface area contributed by atoms with Crippen molar-refractivity contribution in [2.75, 3.05) is 25.2 Å². The fourth-order valence-corrected chi connectivity index (χ4v) is 4.11. The SMILES string of the molecule is CCCCN(C(=O)COc1ccc(C(C)=O)cc1OC)c1nc2ccc(C)cc2s1. The molecule has 0 aliphatic heterocycles. The minimum absolute atomic E-state index is 0.0623. The molecule has 0 spiro atoms. The first-order valence-corrected chi connectivity index (χ1v) is 10.7. The van der Waals surface area contributed by atoms with Gasteiger partial charge >= 0.3 is 0 Å². The summed E-state index contributed by atoms with van der Waals surface area (Å²) in [5.41, 5.74) is 2.57. The van der Waals surface area contributed by atoms with Crippen LogP contribution < -0.4 is 14.4 Å². The van der Waals surface area contributed by atoms with Crippen molar-refractivity contribution in [3.63, 3.8) is 0 Å². The molecule has 2 aromatic carbocycles. The van der Waals surface area contributed by atoms with Crippen molar-refractivity contribution in [3.05, 3.63) is 47.5 Å². The minimum Gasteiger partial charge on any atom is -0.493 e. The second kappa shape index (κ2) is 9.71. The summed E-state index contributed by atoms with van der Waals surface area (Å²) in [5.74, 6) is 0.613. The molecule has 158 valence electrons. The largest absolute Gasteiger partial charge is 0.493 e. The van der Waals surface area contributed by atoms with Crippen LogP contribution in [0.3, 0.4) is 0 Å². The van der Waals surface area contributed by atoms with Crippen LogP contribution in [0.2, 0.25) is 0 Å². The third-order valence-corrected chi connectivity index (χ3v) is 5.76. The van der Waals surface area contributed by atoms with Gasteiger partial charge in [0.2, 0.25) is 0 Å². The van der Waals surface area contributed by atoms with Crippen LogP contribution >= 0.6 is 11.3 Å². The molecule has 0 saturated carbocycles. The number of fused-ring (bicyclic) bond motifs is 1. The first kappa shape index (κ1) is 21.8. The summed E-state index contributed by atoms with van der Waals surface area (Å²) in [6.07, 6.45) is 1.84. The lowest BCUT2D eigenvalue weighted by Gasteiger charge is -2.20. The summed E-state index contributed by atoms with van der Waals surface area (Å²) in [7, 11) is 1.50. The van der Waals surface area contributed by atoms with Crippen LogP contribution in [0.5, 0.6) is 11.5 Å². The number of methoxy groups -OCH3 is 1. The number of Topliss-reactive ketones (excluding diaryl/α,β-unsaturated/α-hetero) is 1. The zero-order valence-electron chi connectivity index (χ0n) is 17.7. The highest BCUT2D eigenvalue weighted by molar-refractivity contribution is 7.22. The molecule has 0 aliphatic carbocycles. The summed E-state index contributed by atoms with van der Waals surface area (Å²) < 4.78 is 12.1. The minimum atomic E-state index is -0.170. The van der Waals surface area contributed by atoms with E-state index in [1.165, 1.54) is 25.4 Å². The first-order chi connectivity index (χ1) is 14.4. The Kier molecular flexibility index (Phi) is 7.05. The van der Waals surface area contributed by atoms with E-state index in [1.807, 2.05) is 19.1 Å². The number of hydrogen-bond donors (Lipinski definition) is 0. The third-order valence-electron chi connectivity index (χ3n) is 4.72. The lowest BCUT2D eigenvalue weighted by Crippen LogP contribution is -2.35. The number of aromatic nitrogens is 1. The molecule has 3 rings (SSSR count). The summed E-state index contributed by atoms with van der Waals surface area (Å²) in [6.45, 7) is 6.05. The van der Waals surface area contributed by atoms with Gasteiger partial charge in [0.25, 0.3) is 5.91 Å². The van der Waals surface area contributed by atoms with Crippen molar-refractivity contribution in [2.24, 2.45) is 0 Å². The van der Waals surface area contributed by atoms with Crippen LogP contribution in [-0.2, 0) is 4.79 Å². The number of anilines is 1. The molecule has 6 nitrogen and oxygen atoms in total. The van der Waals surface area contributed by atoms with Crippen LogP contribution in [0.15, 0.2) is 36.4 Å². The smallest absolute Gasteiger partial charge is 0.266 e. The standard InChI is InChI=1S/C23H26N2O4S/c1-5-6-11-25(23-24-18-9-7-15(2)12-21(18)30-23)22(27)14-29-19-10-8-17(16(3)26)13-20(19)28-4/h7-10,12-13H,5-6,11,14H2,1-4H3. The Hall–Kier alpha value is -2.93. The topological polar surface area (TPSA) is 68.7 Å². The average Bonchev–Trinajstić information content (AvgIpc) is 3.14. The van der Waals surface area contributed by atoms with Gasteiger partial charge in [0.05, 0.1) is 17.3 Å². The Morgan fingerprint density at radius 1 is 1.13 bits per heavy atom. The third kappa shape index (κ3) is 4.97. The van der Waals surface area contributed by atoms with Crippen molar-refractivity contribution in [1.82, 2.24) is 4.98 Å². The molecule has 30 heavy (non-hydrogen) atoms. The highest BCUT2D eigenvalue weighted by atomic mass is 32.1. The Balaban J connectivity index is 1.79. The van der Waals surface area contributed by atoms with Crippen molar-refractivity contribution >= 4 is 38.4 Å². The van der Waals surface area contributed by atoms with Gasteiger partial charge in [0, 0.05) is 12.1 Å². The predicted molar refractivity (Wildman–Crippen MR) is 120 cm³/mol. The molecule has 1 heterocycles. The Morgan fingerprint density at radius 2 is 1.93 bits per heavy atom. The summed E-state index contributed by atoms with van der Waals surface area (Å²) in [4.78, 5) is 30.9. The first-order valence-electron chi connectivity index (χ1n) is 9.92. The van der Waals surface area contributed by atoms with Crippen molar-refractivity contribution in [2.45, 2.75) is 33.6 Å². The van der Waals surface area contributed by atoms with E-state index in [9.17, 15) is 9.59 Å². The Morgan fingerprint density at radius 3 is 2.63 bits per heavy atom. The van der Waals surface area contributed by atoms with E-state index in [2.05, 4.69) is 18.0 Å². The number of ether oxygens (including phenoxy) is 2. The number of benzene rings is 2. The van der Waals surface area contributed by atoms with Crippen LogP contribution in [0, 0.1) is 6.92 Å². The van der Waals surface area contributed by atoms with E-state index < -0.39 is 0 Å². The molecular weight excluding hydrogens is 400 g/mol. The molecule has 0 atom stereocenters. The van der Waals surface area contributed by atoms with Crippen LogP contribution in [0.25, 0.3) is 10.2 Å². The second-order valence-electron chi connectivity index (χ2n) is 7.08. The lowest BCUT2D eigenvalue weighted by atomic mass is 10.1. The van der Waals surface area contributed by atoms with Gasteiger partial charge in [0.1, 0.15) is 0 Å². The van der Waals surface area contributed by atoms with Gasteiger partial charge in [0.15, 0.2) is 29.0 Å². The van der Waals surface area contributed by atoms with Gasteiger partial charge in [-0.2, -0.15) is 0 Å². The van der Waals surface area contributed by atoms with Crippen LogP contribution in [0.4, 0.5) is 5.13 Å². The number of unbranched alkanes of at least 4 members (excludes halogenated alkanes) is 1. The molecule has 0 bridgehead atoms. The van der Waals surface area contributed by atoms with E-state index in [-0.39, 0.29) is 18.3 Å². The Bertz CT molecular complexity index is 1060. The van der Waals surface area contributed by atoms with Crippen molar-refractivity contribution < 1.29 is 19.1 Å². The zero-order valence-corrected chi connectivity index (χ0v) is 18.5. The van der Waals surface area contributed by atoms with Gasteiger partial charge in [-0.05, 0) is 56.2 Å². The second-order valence-corrected chi connectivity index (χ2v) is 8.09. The maximum Gasteiger partial charge on any atom is 0.266 e. The number of carbonyl (C=O) groups excluding carboxylic acids is 2. The molecular formula is C23H26N2O4S. The van der Waals surface area contributed by atoms with E-state index >= 15 is 0 Å². The molecule has 0 radical (unpaired) electrons. The molecule has 0 fully saturated rings. The normalized spacial score (nSPS) is 10.8. The van der Waals surface area contributed by atoms with Gasteiger partial charge in [-0.3, -0.25) is 14.5 Å². The van der Waals surface area contributed by atoms with E-state index in [0.29, 0.717) is 28.7 Å². The van der Waals surface area contributed by atoms with Gasteiger partial charge in [-0.25, -0.2) is 4.98 Å². The number of amides is 1. The van der Waals surface area contributed by atoms with Crippen LogP contribution in [-0.4, -0.2) is 36.9 Å². The summed E-state index contributed by atoms with van der Waals surface area (Å²) >= 11 is 1.51. The Labute approximate surface area is 180 Å². The number of hydrogen-bond acceptors (Lipinski definition) is 6. The maximum atomic E-state index is 13.0. The number of thiazole rings is 1. The number of ketones is 1. The monoisotopic (exact) mass is 426 g/mol. The zero-order chi connectivity index (χ0) is 21.7. The summed E-state index contributed by atoms with van der Waals surface area (Å²) in [5, 5.41) is 0.677. The van der Waals surface area contributed by atoms with E-state index in [4.69, 9.17) is 9.47 Å². The summed E-state index contributed by atoms with van der Waals surface area (Å²) in [6, 6.07) is 11.0. The highest BCUT2D eigenvalue weighted by Gasteiger charge is 2.21. The van der Waals surface area contributed by atoms with Gasteiger partial charge < -0.3 is 9.47 Å². The molecule has 0 unspecified atom stereocenters. The fourth-order valence-electron chi connectivity index (χ4n) is 3.00. The predicted octanol–water partition coefficient (Wildman–Crippen LogP) is 5.03. The maximum absolute atomic E-state index is 13.0. The average molecular weight is 427 g/mol. The molecule has 0 N–H and O–H groups in total. The lowest BCUT2D eigenvalue weighted by molar-refractivity contribution is -0.120. The molecule has 0 saturated heterocycles. The molecule has 1 aromatic heterocycles. The molecule has 1 amide bonds. The number of nitrogens with zero attached hydrogens (tertiary/aromatic N) is 2. The van der Waals surface area contributed by atoms with Crippen molar-refractivity contribution in [3.8, 4) is 11.5 Å². The fraction of sp³-hybridized carbons (Fsp3) is 0.348. The quantitative estimate of drug-likeness (QED) is 0.449. The van der Waals surface area contributed by atoms with Gasteiger partial charge in [-0.1, -0.05) is 30.7 Å². The molecule has 7 heteroatoms. The van der Waals surface area contributed by atoms with Gasteiger partial charge in [-0.15, -0.1) is 0 Å². The van der Waals surface area contributed by atoms with E-state index in [0.717, 1.165) is 28.6 Å². The molecule has 0 aliphatic rings. The molecule has 3 aromatic rings.